The molecule has 1 aromatic heterocycles. The minimum atomic E-state index is -1.03. The molecule has 0 aromatic carbocycles. The maximum atomic E-state index is 11.9. The first-order valence-electron chi connectivity index (χ1n) is 5.59. The highest BCUT2D eigenvalue weighted by atomic mass is 16.3. The van der Waals surface area contributed by atoms with Crippen molar-refractivity contribution in [3.63, 3.8) is 0 Å². The van der Waals surface area contributed by atoms with Gasteiger partial charge in [0.25, 0.3) is 5.91 Å². The molecule has 0 unspecified atom stereocenters. The van der Waals surface area contributed by atoms with Crippen molar-refractivity contribution in [2.75, 3.05) is 32.2 Å². The number of carbonyl (C=O) groups excluding carboxylic acids is 1. The van der Waals surface area contributed by atoms with Crippen molar-refractivity contribution in [2.24, 2.45) is 0 Å². The molecule has 0 atom stereocenters. The Morgan fingerprint density at radius 3 is 2.39 bits per heavy atom. The summed E-state index contributed by atoms with van der Waals surface area (Å²) in [5, 5.41) is 20.8. The first-order valence-corrected chi connectivity index (χ1v) is 5.59. The number of anilines is 1. The Hall–Kier alpha value is -1.66. The molecule has 0 saturated carbocycles. The Kier molecular flexibility index (Phi) is 4.63. The molecule has 1 heterocycles. The van der Waals surface area contributed by atoms with E-state index in [9.17, 15) is 4.79 Å². The summed E-state index contributed by atoms with van der Waals surface area (Å²) in [6, 6.07) is 3.37. The van der Waals surface area contributed by atoms with Crippen LogP contribution in [0.15, 0.2) is 18.3 Å². The molecule has 3 N–H and O–H groups in total. The summed E-state index contributed by atoms with van der Waals surface area (Å²) in [7, 11) is 3.72. The molecule has 0 aliphatic rings. The van der Waals surface area contributed by atoms with Gasteiger partial charge in [-0.25, -0.2) is 4.98 Å². The van der Waals surface area contributed by atoms with Gasteiger partial charge in [-0.3, -0.25) is 4.79 Å². The number of nitrogens with zero attached hydrogens (tertiary/aromatic N) is 2. The lowest BCUT2D eigenvalue weighted by Crippen LogP contribution is -2.51. The second kappa shape index (κ2) is 5.79. The fraction of sp³-hybridized carbons (Fsp3) is 0.500. The average molecular weight is 253 g/mol. The Balaban J connectivity index is 2.79. The van der Waals surface area contributed by atoms with Crippen molar-refractivity contribution >= 4 is 11.7 Å². The summed E-state index contributed by atoms with van der Waals surface area (Å²) in [6.07, 6.45) is 1.46. The molecular weight excluding hydrogens is 234 g/mol. The second-order valence-corrected chi connectivity index (χ2v) is 4.63. The van der Waals surface area contributed by atoms with E-state index in [4.69, 9.17) is 10.2 Å². The molecule has 6 heteroatoms. The van der Waals surface area contributed by atoms with Gasteiger partial charge in [0.2, 0.25) is 0 Å². The van der Waals surface area contributed by atoms with E-state index < -0.39 is 5.54 Å². The summed E-state index contributed by atoms with van der Waals surface area (Å²) < 4.78 is 0. The predicted molar refractivity (Wildman–Crippen MR) is 68.6 cm³/mol. The van der Waals surface area contributed by atoms with Gasteiger partial charge in [-0.15, -0.1) is 0 Å². The number of amides is 1. The van der Waals surface area contributed by atoms with Gasteiger partial charge in [-0.05, 0) is 19.1 Å². The zero-order chi connectivity index (χ0) is 13.8. The summed E-state index contributed by atoms with van der Waals surface area (Å²) >= 11 is 0. The first-order chi connectivity index (χ1) is 8.41. The maximum absolute atomic E-state index is 11.9. The molecule has 0 aliphatic heterocycles. The quantitative estimate of drug-likeness (QED) is 0.666. The van der Waals surface area contributed by atoms with Crippen molar-refractivity contribution in [3.05, 3.63) is 23.9 Å². The minimum Gasteiger partial charge on any atom is -0.394 e. The number of aliphatic hydroxyl groups is 2. The molecule has 0 radical (unpaired) electrons. The molecule has 0 aliphatic carbocycles. The van der Waals surface area contributed by atoms with Crippen LogP contribution in [-0.4, -0.2) is 54.0 Å². The number of pyridine rings is 1. The molecule has 100 valence electrons. The van der Waals surface area contributed by atoms with Crippen molar-refractivity contribution < 1.29 is 15.0 Å². The van der Waals surface area contributed by atoms with Gasteiger partial charge in [-0.2, -0.15) is 0 Å². The molecule has 1 amide bonds. The van der Waals surface area contributed by atoms with Crippen LogP contribution in [0.2, 0.25) is 0 Å². The number of carbonyl (C=O) groups is 1. The van der Waals surface area contributed by atoms with Crippen molar-refractivity contribution in [1.82, 2.24) is 10.3 Å². The Morgan fingerprint density at radius 2 is 2.00 bits per heavy atom. The normalized spacial score (nSPS) is 11.2. The van der Waals surface area contributed by atoms with E-state index in [2.05, 4.69) is 10.3 Å². The van der Waals surface area contributed by atoms with Crippen LogP contribution in [-0.2, 0) is 0 Å². The smallest absolute Gasteiger partial charge is 0.253 e. The highest BCUT2D eigenvalue weighted by molar-refractivity contribution is 5.94. The molecule has 0 bridgehead atoms. The van der Waals surface area contributed by atoms with Crippen LogP contribution >= 0.6 is 0 Å². The minimum absolute atomic E-state index is 0.335. The fourth-order valence-electron chi connectivity index (χ4n) is 1.26. The van der Waals surface area contributed by atoms with Gasteiger partial charge in [0, 0.05) is 20.3 Å². The lowest BCUT2D eigenvalue weighted by molar-refractivity contribution is 0.0723. The SMILES string of the molecule is CN(C)c1ccc(C(=O)NC(C)(CO)CO)cn1. The standard InChI is InChI=1S/C12H19N3O3/c1-12(7-16,8-17)14-11(18)9-4-5-10(13-6-9)15(2)3/h4-6,16-17H,7-8H2,1-3H3,(H,14,18). The molecule has 1 rings (SSSR count). The van der Waals surface area contributed by atoms with E-state index in [1.54, 1.807) is 19.1 Å². The Morgan fingerprint density at radius 1 is 1.39 bits per heavy atom. The molecule has 0 saturated heterocycles. The number of aliphatic hydroxyl groups excluding tert-OH is 2. The van der Waals surface area contributed by atoms with E-state index in [-0.39, 0.29) is 19.1 Å². The van der Waals surface area contributed by atoms with E-state index in [0.717, 1.165) is 5.82 Å². The molecule has 18 heavy (non-hydrogen) atoms. The van der Waals surface area contributed by atoms with Crippen LogP contribution in [0.25, 0.3) is 0 Å². The van der Waals surface area contributed by atoms with Crippen molar-refractivity contribution in [3.8, 4) is 0 Å². The van der Waals surface area contributed by atoms with Crippen molar-refractivity contribution in [2.45, 2.75) is 12.5 Å². The third-order valence-electron chi connectivity index (χ3n) is 2.58. The number of aromatic nitrogens is 1. The van der Waals surface area contributed by atoms with Gasteiger partial charge in [0.05, 0.1) is 24.3 Å². The third-order valence-corrected chi connectivity index (χ3v) is 2.58. The highest BCUT2D eigenvalue weighted by Crippen LogP contribution is 2.09. The monoisotopic (exact) mass is 253 g/mol. The summed E-state index contributed by atoms with van der Waals surface area (Å²) in [6.45, 7) is 0.892. The van der Waals surface area contributed by atoms with Crippen molar-refractivity contribution in [1.29, 1.82) is 0 Å². The number of hydrogen-bond donors (Lipinski definition) is 3. The summed E-state index contributed by atoms with van der Waals surface area (Å²) in [4.78, 5) is 17.8. The number of rotatable bonds is 5. The van der Waals surface area contributed by atoms with Gasteiger partial charge in [0.1, 0.15) is 5.82 Å². The van der Waals surface area contributed by atoms with Crippen LogP contribution in [0.5, 0.6) is 0 Å². The van der Waals surface area contributed by atoms with E-state index in [1.807, 2.05) is 19.0 Å². The molecule has 6 nitrogen and oxygen atoms in total. The summed E-state index contributed by atoms with van der Waals surface area (Å²) in [5.74, 6) is 0.372. The predicted octanol–water partition coefficient (Wildman–Crippen LogP) is -0.379. The van der Waals surface area contributed by atoms with E-state index >= 15 is 0 Å². The maximum Gasteiger partial charge on any atom is 0.253 e. The van der Waals surface area contributed by atoms with Crippen LogP contribution in [0.1, 0.15) is 17.3 Å². The van der Waals surface area contributed by atoms with Gasteiger partial charge in [0.15, 0.2) is 0 Å². The van der Waals surface area contributed by atoms with E-state index in [1.165, 1.54) is 6.20 Å². The molecule has 0 spiro atoms. The topological polar surface area (TPSA) is 85.7 Å². The van der Waals surface area contributed by atoms with Gasteiger partial charge in [-0.1, -0.05) is 0 Å². The third kappa shape index (κ3) is 3.41. The molecule has 1 aromatic rings. The van der Waals surface area contributed by atoms with Gasteiger partial charge < -0.3 is 20.4 Å². The Labute approximate surface area is 106 Å². The number of nitrogens with one attached hydrogen (secondary N) is 1. The molecule has 0 fully saturated rings. The largest absolute Gasteiger partial charge is 0.394 e. The molecular formula is C12H19N3O3. The van der Waals surface area contributed by atoms with E-state index in [0.29, 0.717) is 5.56 Å². The Bertz CT molecular complexity index is 400. The van der Waals surface area contributed by atoms with Crippen LogP contribution in [0.3, 0.4) is 0 Å². The highest BCUT2D eigenvalue weighted by Gasteiger charge is 2.25. The van der Waals surface area contributed by atoms with Crippen LogP contribution in [0.4, 0.5) is 5.82 Å². The zero-order valence-corrected chi connectivity index (χ0v) is 10.8. The lowest BCUT2D eigenvalue weighted by atomic mass is 10.0. The lowest BCUT2D eigenvalue weighted by Gasteiger charge is -2.26. The second-order valence-electron chi connectivity index (χ2n) is 4.63. The fourth-order valence-corrected chi connectivity index (χ4v) is 1.26. The van der Waals surface area contributed by atoms with Gasteiger partial charge >= 0.3 is 0 Å². The average Bonchev–Trinajstić information content (AvgIpc) is 2.38. The van der Waals surface area contributed by atoms with Crippen LogP contribution in [0, 0.1) is 0 Å². The number of hydrogen-bond acceptors (Lipinski definition) is 5. The first kappa shape index (κ1) is 14.4. The summed E-state index contributed by atoms with van der Waals surface area (Å²) in [5.41, 5.74) is -0.647. The zero-order valence-electron chi connectivity index (χ0n) is 10.8. The van der Waals surface area contributed by atoms with Crippen LogP contribution < -0.4 is 10.2 Å².